The van der Waals surface area contributed by atoms with Crippen molar-refractivity contribution in [2.24, 2.45) is 16.5 Å². The maximum Gasteiger partial charge on any atom is 0.154 e. The van der Waals surface area contributed by atoms with E-state index < -0.39 is 11.8 Å². The van der Waals surface area contributed by atoms with Crippen molar-refractivity contribution in [1.82, 2.24) is 10.3 Å². The second-order valence-corrected chi connectivity index (χ2v) is 5.16. The van der Waals surface area contributed by atoms with E-state index in [9.17, 15) is 10.2 Å². The van der Waals surface area contributed by atoms with Crippen LogP contribution in [0.5, 0.6) is 0 Å². The number of aromatic nitrogens is 1. The van der Waals surface area contributed by atoms with Crippen LogP contribution in [0.4, 0.5) is 5.82 Å². The Kier molecular flexibility index (Phi) is 6.24. The zero-order chi connectivity index (χ0) is 16.8. The van der Waals surface area contributed by atoms with E-state index in [1.165, 1.54) is 6.20 Å². The molecule has 1 aromatic heterocycles. The molecule has 0 saturated carbocycles. The lowest BCUT2D eigenvalue weighted by Gasteiger charge is -2.17. The average molecular weight is 305 g/mol. The van der Waals surface area contributed by atoms with Gasteiger partial charge in [0.15, 0.2) is 5.82 Å². The van der Waals surface area contributed by atoms with Crippen LogP contribution in [-0.4, -0.2) is 33.8 Å². The fourth-order valence-corrected chi connectivity index (χ4v) is 1.64. The molecule has 1 heterocycles. The summed E-state index contributed by atoms with van der Waals surface area (Å²) < 4.78 is 0. The van der Waals surface area contributed by atoms with Crippen molar-refractivity contribution in [2.75, 3.05) is 6.54 Å². The molecule has 0 bridgehead atoms. The summed E-state index contributed by atoms with van der Waals surface area (Å²) in [6.07, 6.45) is 1.71. The Bertz CT molecular complexity index is 576. The van der Waals surface area contributed by atoms with E-state index in [1.54, 1.807) is 38.1 Å². The SMILES string of the molecule is C=CCNC(O)/C(=C/N)C(N)=Nc1cccc(C(C)(C)O)n1. The Morgan fingerprint density at radius 1 is 1.55 bits per heavy atom. The number of aliphatic imine (C=N–C) groups is 1. The molecule has 0 aromatic carbocycles. The first-order chi connectivity index (χ1) is 10.3. The van der Waals surface area contributed by atoms with Gasteiger partial charge in [0.25, 0.3) is 0 Å². The van der Waals surface area contributed by atoms with Crippen molar-refractivity contribution < 1.29 is 10.2 Å². The maximum absolute atomic E-state index is 9.96. The Balaban J connectivity index is 3.02. The molecule has 1 rings (SSSR count). The van der Waals surface area contributed by atoms with Gasteiger partial charge in [-0.2, -0.15) is 0 Å². The Morgan fingerprint density at radius 2 is 2.23 bits per heavy atom. The summed E-state index contributed by atoms with van der Waals surface area (Å²) >= 11 is 0. The van der Waals surface area contributed by atoms with Gasteiger partial charge in [-0.25, -0.2) is 9.98 Å². The summed E-state index contributed by atoms with van der Waals surface area (Å²) in [5.41, 5.74) is 11.0. The summed E-state index contributed by atoms with van der Waals surface area (Å²) in [5, 5.41) is 22.7. The van der Waals surface area contributed by atoms with Crippen molar-refractivity contribution >= 4 is 11.7 Å². The number of nitrogens with zero attached hydrogens (tertiary/aromatic N) is 2. The van der Waals surface area contributed by atoms with Gasteiger partial charge in [0, 0.05) is 12.7 Å². The van der Waals surface area contributed by atoms with E-state index >= 15 is 0 Å². The van der Waals surface area contributed by atoms with Crippen LogP contribution in [0.25, 0.3) is 0 Å². The van der Waals surface area contributed by atoms with Crippen molar-refractivity contribution in [3.63, 3.8) is 0 Å². The highest BCUT2D eigenvalue weighted by Gasteiger charge is 2.18. The van der Waals surface area contributed by atoms with Gasteiger partial charge in [-0.15, -0.1) is 6.58 Å². The van der Waals surface area contributed by atoms with Gasteiger partial charge in [-0.1, -0.05) is 12.1 Å². The molecular weight excluding hydrogens is 282 g/mol. The number of hydrogen-bond acceptors (Lipinski definition) is 6. The van der Waals surface area contributed by atoms with Crippen LogP contribution in [0.15, 0.2) is 47.6 Å². The molecule has 0 radical (unpaired) electrons. The third-order valence-corrected chi connectivity index (χ3v) is 2.82. The zero-order valence-corrected chi connectivity index (χ0v) is 12.8. The molecule has 0 aliphatic carbocycles. The number of rotatable bonds is 7. The lowest BCUT2D eigenvalue weighted by Crippen LogP contribution is -2.36. The largest absolute Gasteiger partial charge is 0.404 e. The van der Waals surface area contributed by atoms with Crippen LogP contribution in [0.2, 0.25) is 0 Å². The van der Waals surface area contributed by atoms with Crippen molar-refractivity contribution in [3.8, 4) is 0 Å². The van der Waals surface area contributed by atoms with E-state index in [-0.39, 0.29) is 11.4 Å². The number of nitrogens with two attached hydrogens (primary N) is 2. The van der Waals surface area contributed by atoms with Gasteiger partial charge in [-0.3, -0.25) is 5.32 Å². The number of nitrogens with one attached hydrogen (secondary N) is 1. The number of hydrogen-bond donors (Lipinski definition) is 5. The molecule has 120 valence electrons. The molecule has 0 spiro atoms. The second kappa shape index (κ2) is 7.69. The zero-order valence-electron chi connectivity index (χ0n) is 12.8. The normalized spacial score (nSPS) is 14.7. The third kappa shape index (κ3) is 4.96. The molecule has 0 amide bonds. The van der Waals surface area contributed by atoms with E-state index in [0.717, 1.165) is 0 Å². The molecule has 7 nitrogen and oxygen atoms in total. The molecule has 0 aliphatic rings. The van der Waals surface area contributed by atoms with Gasteiger partial charge in [-0.05, 0) is 26.0 Å². The minimum absolute atomic E-state index is 0.0342. The topological polar surface area (TPSA) is 130 Å². The molecule has 7 N–H and O–H groups in total. The molecule has 1 aromatic rings. The Hall–Kier alpha value is -2.22. The van der Waals surface area contributed by atoms with Gasteiger partial charge >= 0.3 is 0 Å². The fraction of sp³-hybridized carbons (Fsp3) is 0.333. The predicted octanol–water partition coefficient (Wildman–Crippen LogP) is 0.234. The number of amidine groups is 1. The first-order valence-corrected chi connectivity index (χ1v) is 6.78. The van der Waals surface area contributed by atoms with Crippen molar-refractivity contribution in [1.29, 1.82) is 0 Å². The number of aliphatic hydroxyl groups is 2. The van der Waals surface area contributed by atoms with Crippen molar-refractivity contribution in [3.05, 3.63) is 48.3 Å². The van der Waals surface area contributed by atoms with Gasteiger partial charge in [0.1, 0.15) is 17.7 Å². The van der Waals surface area contributed by atoms with Crippen LogP contribution in [0, 0.1) is 0 Å². The molecule has 22 heavy (non-hydrogen) atoms. The van der Waals surface area contributed by atoms with E-state index in [2.05, 4.69) is 21.9 Å². The monoisotopic (exact) mass is 305 g/mol. The Labute approximate surface area is 130 Å². The summed E-state index contributed by atoms with van der Waals surface area (Å²) in [4.78, 5) is 8.35. The lowest BCUT2D eigenvalue weighted by atomic mass is 10.1. The Morgan fingerprint density at radius 3 is 2.77 bits per heavy atom. The molecule has 0 fully saturated rings. The number of pyridine rings is 1. The fourth-order valence-electron chi connectivity index (χ4n) is 1.64. The van der Waals surface area contributed by atoms with E-state index in [1.807, 2.05) is 0 Å². The van der Waals surface area contributed by atoms with Crippen LogP contribution in [0.1, 0.15) is 19.5 Å². The van der Waals surface area contributed by atoms with Gasteiger partial charge < -0.3 is 21.7 Å². The highest BCUT2D eigenvalue weighted by Crippen LogP contribution is 2.20. The quantitative estimate of drug-likeness (QED) is 0.212. The minimum atomic E-state index is -1.09. The summed E-state index contributed by atoms with van der Waals surface area (Å²) in [5.74, 6) is 0.347. The smallest absolute Gasteiger partial charge is 0.154 e. The van der Waals surface area contributed by atoms with Gasteiger partial charge in [0.2, 0.25) is 0 Å². The first kappa shape index (κ1) is 17.8. The molecular formula is C15H23N5O2. The van der Waals surface area contributed by atoms with Crippen molar-refractivity contribution in [2.45, 2.75) is 25.7 Å². The maximum atomic E-state index is 9.96. The van der Waals surface area contributed by atoms with Crippen LogP contribution in [-0.2, 0) is 5.60 Å². The van der Waals surface area contributed by atoms with Gasteiger partial charge in [0.05, 0.1) is 11.3 Å². The molecule has 0 aliphatic heterocycles. The molecule has 0 saturated heterocycles. The summed E-state index contributed by atoms with van der Waals surface area (Å²) in [7, 11) is 0. The van der Waals surface area contributed by atoms with Crippen LogP contribution < -0.4 is 16.8 Å². The van der Waals surface area contributed by atoms with Crippen LogP contribution >= 0.6 is 0 Å². The number of aliphatic hydroxyl groups excluding tert-OH is 1. The molecule has 7 heteroatoms. The highest BCUT2D eigenvalue weighted by molar-refractivity contribution is 5.99. The summed E-state index contributed by atoms with van der Waals surface area (Å²) in [6, 6.07) is 5.04. The van der Waals surface area contributed by atoms with E-state index in [4.69, 9.17) is 11.5 Å². The lowest BCUT2D eigenvalue weighted by molar-refractivity contribution is 0.0740. The third-order valence-electron chi connectivity index (χ3n) is 2.82. The molecule has 1 atom stereocenters. The van der Waals surface area contributed by atoms with Crippen LogP contribution in [0.3, 0.4) is 0 Å². The average Bonchev–Trinajstić information content (AvgIpc) is 2.45. The second-order valence-electron chi connectivity index (χ2n) is 5.16. The first-order valence-electron chi connectivity index (χ1n) is 6.78. The predicted molar refractivity (Wildman–Crippen MR) is 87.2 cm³/mol. The molecule has 1 unspecified atom stereocenters. The standard InChI is InChI=1S/C15H23N5O2/c1-4-8-18-14(21)10(9-16)13(17)20-12-7-5-6-11(19-12)15(2,3)22/h4-7,9,14,18,21-22H,1,8,16H2,2-3H3,(H2,17,19,20)/b10-9+. The van der Waals surface area contributed by atoms with E-state index in [0.29, 0.717) is 18.1 Å². The summed E-state index contributed by atoms with van der Waals surface area (Å²) in [6.45, 7) is 7.18. The highest BCUT2D eigenvalue weighted by atomic mass is 16.3. The minimum Gasteiger partial charge on any atom is -0.404 e.